The van der Waals surface area contributed by atoms with Crippen LogP contribution < -0.4 is 5.32 Å². The fraction of sp³-hybridized carbons (Fsp3) is 0.938. The van der Waals surface area contributed by atoms with E-state index in [4.69, 9.17) is 0 Å². The Morgan fingerprint density at radius 2 is 2.05 bits per heavy atom. The largest absolute Gasteiger partial charge is 0.342 e. The molecule has 0 radical (unpaired) electrons. The van der Waals surface area contributed by atoms with E-state index < -0.39 is 0 Å². The van der Waals surface area contributed by atoms with Crippen molar-refractivity contribution < 1.29 is 4.79 Å². The van der Waals surface area contributed by atoms with E-state index in [9.17, 15) is 4.79 Å². The molecule has 3 nitrogen and oxygen atoms in total. The van der Waals surface area contributed by atoms with E-state index in [0.717, 1.165) is 38.5 Å². The molecular weight excluding hydrogens is 236 g/mol. The van der Waals surface area contributed by atoms with Crippen molar-refractivity contribution in [1.29, 1.82) is 0 Å². The first-order valence-electron chi connectivity index (χ1n) is 8.26. The zero-order valence-corrected chi connectivity index (χ0v) is 12.3. The molecule has 3 aliphatic rings. The zero-order valence-electron chi connectivity index (χ0n) is 12.3. The minimum Gasteiger partial charge on any atom is -0.342 e. The predicted molar refractivity (Wildman–Crippen MR) is 76.9 cm³/mol. The summed E-state index contributed by atoms with van der Waals surface area (Å²) in [6, 6.07) is 0. The molecule has 1 amide bonds. The maximum atomic E-state index is 13.0. The highest BCUT2D eigenvalue weighted by molar-refractivity contribution is 5.84. The molecule has 2 saturated heterocycles. The third kappa shape index (κ3) is 2.31. The number of likely N-dealkylation sites (tertiary alicyclic amines) is 1. The lowest BCUT2D eigenvalue weighted by molar-refractivity contribution is -0.146. The molecule has 3 heteroatoms. The van der Waals surface area contributed by atoms with E-state index >= 15 is 0 Å². The second kappa shape index (κ2) is 5.43. The molecule has 108 valence electrons. The van der Waals surface area contributed by atoms with Gasteiger partial charge in [0.15, 0.2) is 0 Å². The van der Waals surface area contributed by atoms with Gasteiger partial charge in [0.2, 0.25) is 5.91 Å². The number of fused-ring (bicyclic) bond motifs is 1. The first-order valence-corrected chi connectivity index (χ1v) is 8.26. The number of piperidine rings is 1. The Hall–Kier alpha value is -0.570. The molecule has 0 spiro atoms. The van der Waals surface area contributed by atoms with Gasteiger partial charge in [-0.05, 0) is 44.1 Å². The van der Waals surface area contributed by atoms with E-state index in [0.29, 0.717) is 11.8 Å². The van der Waals surface area contributed by atoms with Crippen LogP contribution >= 0.6 is 0 Å². The smallest absolute Gasteiger partial charge is 0.230 e. The second-order valence-electron chi connectivity index (χ2n) is 6.87. The van der Waals surface area contributed by atoms with E-state index in [1.54, 1.807) is 0 Å². The van der Waals surface area contributed by atoms with Crippen LogP contribution in [0, 0.1) is 17.3 Å². The van der Waals surface area contributed by atoms with Crippen molar-refractivity contribution in [3.63, 3.8) is 0 Å². The SMILES string of the molecule is CCC1CCN(C(=O)[C@@]23CCCC[C@H]2CNC3)CC1. The van der Waals surface area contributed by atoms with Crippen molar-refractivity contribution in [2.45, 2.75) is 51.9 Å². The molecule has 2 atom stereocenters. The highest BCUT2D eigenvalue weighted by Crippen LogP contribution is 2.45. The average Bonchev–Trinajstić information content (AvgIpc) is 2.91. The zero-order chi connectivity index (χ0) is 13.3. The van der Waals surface area contributed by atoms with Crippen LogP contribution in [0.3, 0.4) is 0 Å². The molecule has 0 unspecified atom stereocenters. The van der Waals surface area contributed by atoms with Crippen molar-refractivity contribution in [2.75, 3.05) is 26.2 Å². The van der Waals surface area contributed by atoms with Gasteiger partial charge >= 0.3 is 0 Å². The molecular formula is C16H28N2O. The van der Waals surface area contributed by atoms with Gasteiger partial charge in [0.25, 0.3) is 0 Å². The van der Waals surface area contributed by atoms with E-state index in [-0.39, 0.29) is 5.41 Å². The first kappa shape index (κ1) is 13.4. The third-order valence-electron chi connectivity index (χ3n) is 5.94. The lowest BCUT2D eigenvalue weighted by Crippen LogP contribution is -2.51. The first-order chi connectivity index (χ1) is 9.26. The second-order valence-corrected chi connectivity index (χ2v) is 6.87. The van der Waals surface area contributed by atoms with Crippen LogP contribution in [0.5, 0.6) is 0 Å². The third-order valence-corrected chi connectivity index (χ3v) is 5.94. The van der Waals surface area contributed by atoms with E-state index in [1.165, 1.54) is 38.5 Å². The highest BCUT2D eigenvalue weighted by Gasteiger charge is 2.51. The van der Waals surface area contributed by atoms with E-state index in [1.807, 2.05) is 0 Å². The molecule has 0 aromatic carbocycles. The Kier molecular flexibility index (Phi) is 3.84. The Morgan fingerprint density at radius 1 is 1.26 bits per heavy atom. The Labute approximate surface area is 117 Å². The molecule has 0 aromatic rings. The summed E-state index contributed by atoms with van der Waals surface area (Å²) >= 11 is 0. The molecule has 3 fully saturated rings. The Bertz CT molecular complexity index is 336. The summed E-state index contributed by atoms with van der Waals surface area (Å²) in [6.07, 6.45) is 8.65. The van der Waals surface area contributed by atoms with Crippen molar-refractivity contribution in [1.82, 2.24) is 10.2 Å². The molecule has 19 heavy (non-hydrogen) atoms. The summed E-state index contributed by atoms with van der Waals surface area (Å²) in [5.41, 5.74) is -0.0305. The number of nitrogens with zero attached hydrogens (tertiary/aromatic N) is 1. The van der Waals surface area contributed by atoms with Crippen LogP contribution in [-0.4, -0.2) is 37.0 Å². The molecule has 0 aromatic heterocycles. The van der Waals surface area contributed by atoms with Crippen LogP contribution in [0.1, 0.15) is 51.9 Å². The van der Waals surface area contributed by atoms with Gasteiger partial charge in [0.1, 0.15) is 0 Å². The van der Waals surface area contributed by atoms with Crippen LogP contribution in [0.15, 0.2) is 0 Å². The molecule has 1 saturated carbocycles. The number of nitrogens with one attached hydrogen (secondary N) is 1. The number of hydrogen-bond acceptors (Lipinski definition) is 2. The van der Waals surface area contributed by atoms with Crippen LogP contribution in [-0.2, 0) is 4.79 Å². The summed E-state index contributed by atoms with van der Waals surface area (Å²) in [5.74, 6) is 1.94. The normalized spacial score (nSPS) is 36.3. The van der Waals surface area contributed by atoms with Crippen LogP contribution in [0.4, 0.5) is 0 Å². The maximum absolute atomic E-state index is 13.0. The van der Waals surface area contributed by atoms with Gasteiger partial charge in [-0.15, -0.1) is 0 Å². The summed E-state index contributed by atoms with van der Waals surface area (Å²) in [4.78, 5) is 15.2. The number of hydrogen-bond donors (Lipinski definition) is 1. The van der Waals surface area contributed by atoms with Crippen molar-refractivity contribution in [3.05, 3.63) is 0 Å². The molecule has 3 rings (SSSR count). The van der Waals surface area contributed by atoms with Crippen LogP contribution in [0.25, 0.3) is 0 Å². The summed E-state index contributed by atoms with van der Waals surface area (Å²) < 4.78 is 0. The van der Waals surface area contributed by atoms with Gasteiger partial charge in [-0.1, -0.05) is 26.2 Å². The quantitative estimate of drug-likeness (QED) is 0.830. The van der Waals surface area contributed by atoms with Gasteiger partial charge in [-0.25, -0.2) is 0 Å². The summed E-state index contributed by atoms with van der Waals surface area (Å²) in [6.45, 7) is 6.29. The maximum Gasteiger partial charge on any atom is 0.230 e. The number of carbonyl (C=O) groups excluding carboxylic acids is 1. The lowest BCUT2D eigenvalue weighted by Gasteiger charge is -2.43. The van der Waals surface area contributed by atoms with Gasteiger partial charge < -0.3 is 10.2 Å². The standard InChI is InChI=1S/C16H28N2O/c1-2-13-6-9-18(10-7-13)15(19)16-8-4-3-5-14(16)11-17-12-16/h13-14,17H,2-12H2,1H3/t14-,16+/m0/s1. The number of amides is 1. The van der Waals surface area contributed by atoms with E-state index in [2.05, 4.69) is 17.1 Å². The molecule has 0 bridgehead atoms. The average molecular weight is 264 g/mol. The topological polar surface area (TPSA) is 32.3 Å². The van der Waals surface area contributed by atoms with Gasteiger partial charge in [-0.2, -0.15) is 0 Å². The van der Waals surface area contributed by atoms with Gasteiger partial charge in [0.05, 0.1) is 5.41 Å². The Morgan fingerprint density at radius 3 is 2.79 bits per heavy atom. The van der Waals surface area contributed by atoms with Gasteiger partial charge in [-0.3, -0.25) is 4.79 Å². The minimum atomic E-state index is -0.0305. The molecule has 2 aliphatic heterocycles. The Balaban J connectivity index is 1.69. The molecule has 2 heterocycles. The van der Waals surface area contributed by atoms with Crippen LogP contribution in [0.2, 0.25) is 0 Å². The highest BCUT2D eigenvalue weighted by atomic mass is 16.2. The predicted octanol–water partition coefficient (Wildman–Crippen LogP) is 2.41. The fourth-order valence-electron chi connectivity index (χ4n) is 4.53. The molecule has 1 aliphatic carbocycles. The number of rotatable bonds is 2. The van der Waals surface area contributed by atoms with Crippen molar-refractivity contribution in [3.8, 4) is 0 Å². The van der Waals surface area contributed by atoms with Crippen molar-refractivity contribution in [2.24, 2.45) is 17.3 Å². The monoisotopic (exact) mass is 264 g/mol. The van der Waals surface area contributed by atoms with Gasteiger partial charge in [0, 0.05) is 19.6 Å². The fourth-order valence-corrected chi connectivity index (χ4v) is 4.53. The lowest BCUT2D eigenvalue weighted by atomic mass is 9.67. The molecule has 1 N–H and O–H groups in total. The minimum absolute atomic E-state index is 0.0305. The van der Waals surface area contributed by atoms with Crippen molar-refractivity contribution >= 4 is 5.91 Å². The summed E-state index contributed by atoms with van der Waals surface area (Å²) in [5, 5.41) is 3.50. The summed E-state index contributed by atoms with van der Waals surface area (Å²) in [7, 11) is 0. The number of carbonyl (C=O) groups is 1.